The highest BCUT2D eigenvalue weighted by atomic mass is 35.5. The number of pyridine rings is 1. The molecular formula is C19H18ClF3N4O2S. The predicted octanol–water partition coefficient (Wildman–Crippen LogP) is 3.86. The zero-order valence-electron chi connectivity index (χ0n) is 16.2. The predicted molar refractivity (Wildman–Crippen MR) is 103 cm³/mol. The normalized spacial score (nSPS) is 25.0. The van der Waals surface area contributed by atoms with Crippen molar-refractivity contribution in [1.29, 1.82) is 5.26 Å². The Labute approximate surface area is 176 Å². The first-order chi connectivity index (χ1) is 13.9. The SMILES string of the molecule is CCS(=O)(=O)c1cc(C2(C#N)CC2)cnc1-c1ncc(C2CC2(Cl)C(F)(F)F)n1C. The molecule has 2 aromatic heterocycles. The van der Waals surface area contributed by atoms with Crippen molar-refractivity contribution in [2.75, 3.05) is 5.75 Å². The Morgan fingerprint density at radius 3 is 2.50 bits per heavy atom. The van der Waals surface area contributed by atoms with Crippen LogP contribution in [0.15, 0.2) is 23.4 Å². The van der Waals surface area contributed by atoms with Gasteiger partial charge in [-0.2, -0.15) is 18.4 Å². The molecule has 2 aliphatic carbocycles. The van der Waals surface area contributed by atoms with Crippen LogP contribution < -0.4 is 0 Å². The molecule has 2 heterocycles. The van der Waals surface area contributed by atoms with E-state index in [-0.39, 0.29) is 34.3 Å². The smallest absolute Gasteiger partial charge is 0.329 e. The lowest BCUT2D eigenvalue weighted by atomic mass is 9.99. The summed E-state index contributed by atoms with van der Waals surface area (Å²) in [7, 11) is -2.22. The fourth-order valence-electron chi connectivity index (χ4n) is 3.71. The Balaban J connectivity index is 1.81. The third-order valence-corrected chi connectivity index (χ3v) is 8.42. The Morgan fingerprint density at radius 2 is 2.00 bits per heavy atom. The highest BCUT2D eigenvalue weighted by Crippen LogP contribution is 2.64. The number of hydrogen-bond donors (Lipinski definition) is 0. The van der Waals surface area contributed by atoms with E-state index in [1.165, 1.54) is 37.0 Å². The van der Waals surface area contributed by atoms with Crippen LogP contribution in [0.25, 0.3) is 11.5 Å². The van der Waals surface area contributed by atoms with E-state index in [1.54, 1.807) is 0 Å². The van der Waals surface area contributed by atoms with E-state index >= 15 is 0 Å². The molecule has 0 spiro atoms. The van der Waals surface area contributed by atoms with Crippen LogP contribution in [-0.4, -0.2) is 39.8 Å². The number of imidazole rings is 1. The van der Waals surface area contributed by atoms with E-state index in [2.05, 4.69) is 16.0 Å². The number of halogens is 4. The molecule has 2 atom stereocenters. The topological polar surface area (TPSA) is 88.6 Å². The van der Waals surface area contributed by atoms with Crippen LogP contribution in [0, 0.1) is 11.3 Å². The van der Waals surface area contributed by atoms with E-state index in [0.29, 0.717) is 18.4 Å². The maximum atomic E-state index is 13.2. The van der Waals surface area contributed by atoms with Gasteiger partial charge in [-0.1, -0.05) is 6.92 Å². The summed E-state index contributed by atoms with van der Waals surface area (Å²) < 4.78 is 66.5. The summed E-state index contributed by atoms with van der Waals surface area (Å²) in [6.07, 6.45) is -0.845. The molecule has 6 nitrogen and oxygen atoms in total. The molecule has 2 aliphatic rings. The molecule has 30 heavy (non-hydrogen) atoms. The van der Waals surface area contributed by atoms with Gasteiger partial charge in [0.15, 0.2) is 15.7 Å². The minimum absolute atomic E-state index is 0.0518. The molecule has 2 unspecified atom stereocenters. The zero-order valence-corrected chi connectivity index (χ0v) is 17.7. The van der Waals surface area contributed by atoms with Gasteiger partial charge >= 0.3 is 6.18 Å². The summed E-state index contributed by atoms with van der Waals surface area (Å²) in [6, 6.07) is 3.66. The summed E-state index contributed by atoms with van der Waals surface area (Å²) >= 11 is 5.76. The lowest BCUT2D eigenvalue weighted by Gasteiger charge is -2.15. The maximum Gasteiger partial charge on any atom is 0.408 e. The lowest BCUT2D eigenvalue weighted by molar-refractivity contribution is -0.139. The van der Waals surface area contributed by atoms with Gasteiger partial charge in [0.1, 0.15) is 10.6 Å². The number of sulfone groups is 1. The first-order valence-electron chi connectivity index (χ1n) is 9.32. The second-order valence-corrected chi connectivity index (χ2v) is 10.8. The Morgan fingerprint density at radius 1 is 1.33 bits per heavy atom. The van der Waals surface area contributed by atoms with Gasteiger partial charge in [-0.05, 0) is 30.9 Å². The summed E-state index contributed by atoms with van der Waals surface area (Å²) in [5.41, 5.74) is 0.110. The minimum atomic E-state index is -4.56. The molecule has 160 valence electrons. The summed E-state index contributed by atoms with van der Waals surface area (Å²) in [6.45, 7) is 1.49. The Bertz CT molecular complexity index is 1180. The minimum Gasteiger partial charge on any atom is -0.329 e. The number of aromatic nitrogens is 3. The first kappa shape index (κ1) is 21.1. The monoisotopic (exact) mass is 458 g/mol. The van der Waals surface area contributed by atoms with Crippen molar-refractivity contribution in [3.8, 4) is 17.6 Å². The highest BCUT2D eigenvalue weighted by Gasteiger charge is 2.71. The van der Waals surface area contributed by atoms with Gasteiger partial charge in [-0.15, -0.1) is 11.6 Å². The van der Waals surface area contributed by atoms with E-state index in [1.807, 2.05) is 0 Å². The molecule has 0 amide bonds. The second-order valence-electron chi connectivity index (χ2n) is 7.85. The van der Waals surface area contributed by atoms with Crippen molar-refractivity contribution in [1.82, 2.24) is 14.5 Å². The zero-order chi connectivity index (χ0) is 22.1. The summed E-state index contributed by atoms with van der Waals surface area (Å²) in [4.78, 5) is 6.05. The van der Waals surface area contributed by atoms with Crippen molar-refractivity contribution in [2.45, 2.75) is 53.5 Å². The van der Waals surface area contributed by atoms with Crippen LogP contribution in [0.2, 0.25) is 0 Å². The van der Waals surface area contributed by atoms with Crippen LogP contribution in [0.3, 0.4) is 0 Å². The van der Waals surface area contributed by atoms with E-state index < -0.39 is 32.2 Å². The molecule has 0 aromatic carbocycles. The molecular weight excluding hydrogens is 441 g/mol. The average Bonchev–Trinajstić information content (AvgIpc) is 3.59. The highest BCUT2D eigenvalue weighted by molar-refractivity contribution is 7.91. The number of alkyl halides is 4. The van der Waals surface area contributed by atoms with Crippen molar-refractivity contribution in [3.63, 3.8) is 0 Å². The average molecular weight is 459 g/mol. The molecule has 0 aliphatic heterocycles. The van der Waals surface area contributed by atoms with Gasteiger partial charge in [0.25, 0.3) is 0 Å². The molecule has 0 saturated heterocycles. The molecule has 0 radical (unpaired) electrons. The van der Waals surface area contributed by atoms with Gasteiger partial charge in [0, 0.05) is 31.1 Å². The first-order valence-corrected chi connectivity index (χ1v) is 11.4. The molecule has 11 heteroatoms. The largest absolute Gasteiger partial charge is 0.408 e. The van der Waals surface area contributed by atoms with Gasteiger partial charge in [-0.25, -0.2) is 13.4 Å². The Hall–Kier alpha value is -2.12. The second kappa shape index (κ2) is 6.44. The van der Waals surface area contributed by atoms with Gasteiger partial charge < -0.3 is 4.57 Å². The number of nitrogens with zero attached hydrogens (tertiary/aromatic N) is 4. The number of nitriles is 1. The fourth-order valence-corrected chi connectivity index (χ4v) is 5.04. The van der Waals surface area contributed by atoms with E-state index in [0.717, 1.165) is 0 Å². The summed E-state index contributed by atoms with van der Waals surface area (Å²) in [5, 5.41) is 9.43. The van der Waals surface area contributed by atoms with E-state index in [9.17, 15) is 26.9 Å². The quantitative estimate of drug-likeness (QED) is 0.635. The van der Waals surface area contributed by atoms with Crippen molar-refractivity contribution in [2.24, 2.45) is 7.05 Å². The van der Waals surface area contributed by atoms with Gasteiger partial charge in [-0.3, -0.25) is 4.98 Å². The van der Waals surface area contributed by atoms with Gasteiger partial charge in [0.2, 0.25) is 0 Å². The number of hydrogen-bond acceptors (Lipinski definition) is 5. The van der Waals surface area contributed by atoms with Crippen molar-refractivity contribution in [3.05, 3.63) is 29.7 Å². The lowest BCUT2D eigenvalue weighted by Crippen LogP contribution is -2.27. The fraction of sp³-hybridized carbons (Fsp3) is 0.526. The summed E-state index contributed by atoms with van der Waals surface area (Å²) in [5.74, 6) is -1.02. The van der Waals surface area contributed by atoms with Crippen molar-refractivity contribution >= 4 is 21.4 Å². The molecule has 2 fully saturated rings. The molecule has 4 rings (SSSR count). The van der Waals surface area contributed by atoms with Crippen LogP contribution in [0.1, 0.15) is 43.4 Å². The molecule has 2 aromatic rings. The molecule has 2 saturated carbocycles. The molecule has 0 N–H and O–H groups in total. The van der Waals surface area contributed by atoms with Gasteiger partial charge in [0.05, 0.1) is 22.1 Å². The maximum absolute atomic E-state index is 13.2. The van der Waals surface area contributed by atoms with Crippen molar-refractivity contribution < 1.29 is 21.6 Å². The van der Waals surface area contributed by atoms with Crippen LogP contribution in [0.5, 0.6) is 0 Å². The standard InChI is InChI=1S/C19H18ClF3N4O2S/c1-3-30(28,29)14-6-11(17(10-24)4-5-17)8-25-15(14)16-26-9-13(27(16)2)12-7-18(12,20)19(21,22)23/h6,8-9,12H,3-5,7H2,1-2H3. The van der Waals surface area contributed by atoms with Crippen LogP contribution in [0.4, 0.5) is 13.2 Å². The van der Waals surface area contributed by atoms with Crippen LogP contribution >= 0.6 is 11.6 Å². The third-order valence-electron chi connectivity index (χ3n) is 6.04. The third kappa shape index (κ3) is 3.02. The Kier molecular flexibility index (Phi) is 4.53. The van der Waals surface area contributed by atoms with E-state index in [4.69, 9.17) is 11.6 Å². The number of rotatable bonds is 5. The molecule has 0 bridgehead atoms. The van der Waals surface area contributed by atoms with Crippen LogP contribution in [-0.2, 0) is 22.3 Å².